The number of nitrogens with one attached hydrogen (secondary N) is 1. The molecular weight excluding hydrogens is 202 g/mol. The molecule has 1 aromatic rings. The standard InChI is InChI=1S/C8H12ClN5/c1-8(2)3-4(8)11-7-13-5(9)12-6(10)14-7/h4H,3H2,1-2H3,(H3,10,11,12,13,14). The molecule has 14 heavy (non-hydrogen) atoms. The van der Waals surface area contributed by atoms with E-state index in [0.717, 1.165) is 6.42 Å². The highest BCUT2D eigenvalue weighted by molar-refractivity contribution is 6.28. The third kappa shape index (κ3) is 1.87. The number of hydrogen-bond donors (Lipinski definition) is 2. The number of aromatic nitrogens is 3. The Bertz CT molecular complexity index is 344. The van der Waals surface area contributed by atoms with Crippen LogP contribution in [0.5, 0.6) is 0 Å². The molecule has 1 fully saturated rings. The van der Waals surface area contributed by atoms with Crippen LogP contribution in [0.2, 0.25) is 5.28 Å². The van der Waals surface area contributed by atoms with Crippen LogP contribution in [-0.2, 0) is 0 Å². The van der Waals surface area contributed by atoms with Crippen LogP contribution >= 0.6 is 11.6 Å². The van der Waals surface area contributed by atoms with Gasteiger partial charge in [0.15, 0.2) is 0 Å². The molecule has 0 spiro atoms. The summed E-state index contributed by atoms with van der Waals surface area (Å²) in [7, 11) is 0. The minimum absolute atomic E-state index is 0.124. The van der Waals surface area contributed by atoms with Gasteiger partial charge in [-0.1, -0.05) is 13.8 Å². The summed E-state index contributed by atoms with van der Waals surface area (Å²) < 4.78 is 0. The van der Waals surface area contributed by atoms with Crippen LogP contribution in [0, 0.1) is 5.41 Å². The van der Waals surface area contributed by atoms with Crippen LogP contribution in [0.1, 0.15) is 20.3 Å². The number of rotatable bonds is 2. The molecule has 76 valence electrons. The van der Waals surface area contributed by atoms with E-state index in [0.29, 0.717) is 17.4 Å². The van der Waals surface area contributed by atoms with E-state index in [1.807, 2.05) is 0 Å². The number of nitrogens with zero attached hydrogens (tertiary/aromatic N) is 3. The van der Waals surface area contributed by atoms with Crippen LogP contribution in [0.4, 0.5) is 11.9 Å². The fourth-order valence-electron chi connectivity index (χ4n) is 1.30. The highest BCUT2D eigenvalue weighted by Crippen LogP contribution is 2.46. The van der Waals surface area contributed by atoms with E-state index in [9.17, 15) is 0 Å². The third-order valence-electron chi connectivity index (χ3n) is 2.44. The van der Waals surface area contributed by atoms with E-state index < -0.39 is 0 Å². The zero-order valence-corrected chi connectivity index (χ0v) is 8.84. The van der Waals surface area contributed by atoms with Crippen LogP contribution < -0.4 is 11.1 Å². The van der Waals surface area contributed by atoms with Gasteiger partial charge in [-0.05, 0) is 23.4 Å². The molecule has 0 radical (unpaired) electrons. The maximum absolute atomic E-state index is 5.64. The molecule has 0 aliphatic heterocycles. The number of hydrogen-bond acceptors (Lipinski definition) is 5. The Hall–Kier alpha value is -1.10. The van der Waals surface area contributed by atoms with Crippen molar-refractivity contribution in [1.82, 2.24) is 15.0 Å². The van der Waals surface area contributed by atoms with Crippen LogP contribution in [0.15, 0.2) is 0 Å². The first-order chi connectivity index (χ1) is 6.47. The van der Waals surface area contributed by atoms with E-state index >= 15 is 0 Å². The van der Waals surface area contributed by atoms with Crippen LogP contribution in [0.3, 0.4) is 0 Å². The summed E-state index contributed by atoms with van der Waals surface area (Å²) in [5, 5.41) is 3.28. The summed E-state index contributed by atoms with van der Waals surface area (Å²) >= 11 is 5.64. The van der Waals surface area contributed by atoms with Gasteiger partial charge in [-0.25, -0.2) is 0 Å². The maximum Gasteiger partial charge on any atom is 0.229 e. The monoisotopic (exact) mass is 213 g/mol. The Labute approximate surface area is 87.1 Å². The van der Waals surface area contributed by atoms with Crippen molar-refractivity contribution in [3.8, 4) is 0 Å². The smallest absolute Gasteiger partial charge is 0.229 e. The van der Waals surface area contributed by atoms with Crippen molar-refractivity contribution in [3.05, 3.63) is 5.28 Å². The molecule has 1 saturated carbocycles. The lowest BCUT2D eigenvalue weighted by Gasteiger charge is -2.06. The molecule has 2 rings (SSSR count). The van der Waals surface area contributed by atoms with E-state index in [4.69, 9.17) is 17.3 Å². The summed E-state index contributed by atoms with van der Waals surface area (Å²) in [4.78, 5) is 11.6. The predicted molar refractivity (Wildman–Crippen MR) is 55.1 cm³/mol. The van der Waals surface area contributed by atoms with Crippen molar-refractivity contribution >= 4 is 23.5 Å². The molecule has 0 amide bonds. The van der Waals surface area contributed by atoms with Crippen molar-refractivity contribution in [3.63, 3.8) is 0 Å². The number of halogens is 1. The minimum Gasteiger partial charge on any atom is -0.368 e. The van der Waals surface area contributed by atoms with Crippen LogP contribution in [-0.4, -0.2) is 21.0 Å². The average Bonchev–Trinajstić information content (AvgIpc) is 2.55. The maximum atomic E-state index is 5.64. The number of nitrogen functional groups attached to an aromatic ring is 1. The lowest BCUT2D eigenvalue weighted by Crippen LogP contribution is -2.12. The van der Waals surface area contributed by atoms with Crippen molar-refractivity contribution in [2.24, 2.45) is 5.41 Å². The van der Waals surface area contributed by atoms with Gasteiger partial charge in [0.2, 0.25) is 17.2 Å². The van der Waals surface area contributed by atoms with Gasteiger partial charge in [-0.2, -0.15) is 15.0 Å². The summed E-state index contributed by atoms with van der Waals surface area (Å²) in [6.45, 7) is 4.35. The van der Waals surface area contributed by atoms with Gasteiger partial charge in [-0.3, -0.25) is 0 Å². The second-order valence-corrected chi connectivity index (χ2v) is 4.51. The molecule has 1 aromatic heterocycles. The molecule has 0 saturated heterocycles. The highest BCUT2D eigenvalue weighted by atomic mass is 35.5. The van der Waals surface area contributed by atoms with Gasteiger partial charge < -0.3 is 11.1 Å². The lowest BCUT2D eigenvalue weighted by atomic mass is 10.2. The highest BCUT2D eigenvalue weighted by Gasteiger charge is 2.46. The molecule has 1 atom stereocenters. The van der Waals surface area contributed by atoms with Crippen molar-refractivity contribution in [1.29, 1.82) is 0 Å². The first-order valence-corrected chi connectivity index (χ1v) is 4.79. The van der Waals surface area contributed by atoms with E-state index in [1.54, 1.807) is 0 Å². The molecule has 6 heteroatoms. The molecule has 0 bridgehead atoms. The van der Waals surface area contributed by atoms with E-state index in [1.165, 1.54) is 0 Å². The quantitative estimate of drug-likeness (QED) is 0.775. The summed E-state index contributed by atoms with van der Waals surface area (Å²) in [5.41, 5.74) is 5.75. The van der Waals surface area contributed by atoms with Crippen molar-refractivity contribution in [2.45, 2.75) is 26.3 Å². The Balaban J connectivity index is 2.10. The van der Waals surface area contributed by atoms with E-state index in [2.05, 4.69) is 34.1 Å². The van der Waals surface area contributed by atoms with Gasteiger partial charge in [0.1, 0.15) is 0 Å². The largest absolute Gasteiger partial charge is 0.368 e. The molecule has 3 N–H and O–H groups in total. The summed E-state index contributed by atoms with van der Waals surface area (Å²) in [5.74, 6) is 0.601. The van der Waals surface area contributed by atoms with Crippen molar-refractivity contribution in [2.75, 3.05) is 11.1 Å². The first kappa shape index (κ1) is 9.45. The van der Waals surface area contributed by atoms with Crippen LogP contribution in [0.25, 0.3) is 0 Å². The lowest BCUT2D eigenvalue weighted by molar-refractivity contribution is 0.628. The normalized spacial score (nSPS) is 23.2. The Morgan fingerprint density at radius 2 is 2.07 bits per heavy atom. The van der Waals surface area contributed by atoms with Gasteiger partial charge in [0.25, 0.3) is 0 Å². The molecule has 1 aliphatic carbocycles. The molecule has 1 aliphatic rings. The summed E-state index contributed by atoms with van der Waals surface area (Å²) in [6.07, 6.45) is 1.11. The molecule has 1 heterocycles. The second kappa shape index (κ2) is 2.95. The predicted octanol–water partition coefficient (Wildman–Crippen LogP) is 1.32. The zero-order chi connectivity index (χ0) is 10.3. The van der Waals surface area contributed by atoms with Gasteiger partial charge in [-0.15, -0.1) is 0 Å². The Morgan fingerprint density at radius 3 is 2.57 bits per heavy atom. The van der Waals surface area contributed by atoms with Gasteiger partial charge in [0.05, 0.1) is 0 Å². The minimum atomic E-state index is 0.124. The molecule has 5 nitrogen and oxygen atoms in total. The molecule has 1 unspecified atom stereocenters. The Kier molecular flexibility index (Phi) is 1.99. The number of nitrogens with two attached hydrogens (primary N) is 1. The second-order valence-electron chi connectivity index (χ2n) is 4.18. The van der Waals surface area contributed by atoms with E-state index in [-0.39, 0.29) is 11.2 Å². The fraction of sp³-hybridized carbons (Fsp3) is 0.625. The van der Waals surface area contributed by atoms with Gasteiger partial charge >= 0.3 is 0 Å². The average molecular weight is 214 g/mol. The van der Waals surface area contributed by atoms with Gasteiger partial charge in [0, 0.05) is 6.04 Å². The van der Waals surface area contributed by atoms with Crippen molar-refractivity contribution < 1.29 is 0 Å². The first-order valence-electron chi connectivity index (χ1n) is 4.41. The zero-order valence-electron chi connectivity index (χ0n) is 8.08. The summed E-state index contributed by atoms with van der Waals surface area (Å²) in [6, 6.07) is 0.403. The number of anilines is 2. The SMILES string of the molecule is CC1(C)CC1Nc1nc(N)nc(Cl)n1. The third-order valence-corrected chi connectivity index (χ3v) is 2.61. The molecule has 0 aromatic carbocycles. The topological polar surface area (TPSA) is 76.7 Å². The fourth-order valence-corrected chi connectivity index (χ4v) is 1.47. The Morgan fingerprint density at radius 1 is 1.43 bits per heavy atom. The molecular formula is C8H12ClN5.